The lowest BCUT2D eigenvalue weighted by Crippen LogP contribution is -2.38. The van der Waals surface area contributed by atoms with Crippen LogP contribution in [0.15, 0.2) is 20.4 Å². The van der Waals surface area contributed by atoms with E-state index in [1.54, 1.807) is 11.3 Å². The van der Waals surface area contributed by atoms with Crippen LogP contribution in [0.2, 0.25) is 0 Å². The van der Waals surface area contributed by atoms with Gasteiger partial charge in [0, 0.05) is 40.4 Å². The van der Waals surface area contributed by atoms with Gasteiger partial charge < -0.3 is 9.84 Å². The fourth-order valence-corrected chi connectivity index (χ4v) is 4.13. The zero-order valence-corrected chi connectivity index (χ0v) is 12.8. The molecule has 1 fully saturated rings. The Hall–Kier alpha value is -0.370. The van der Waals surface area contributed by atoms with Crippen molar-refractivity contribution in [2.45, 2.75) is 12.5 Å². The van der Waals surface area contributed by atoms with E-state index in [1.165, 1.54) is 5.75 Å². The van der Waals surface area contributed by atoms with Crippen molar-refractivity contribution in [1.82, 2.24) is 15.5 Å². The minimum absolute atomic E-state index is 0.451. The van der Waals surface area contributed by atoms with Gasteiger partial charge in [-0.15, -0.1) is 11.3 Å². The summed E-state index contributed by atoms with van der Waals surface area (Å²) in [6.45, 7) is 1.06. The molecule has 0 aliphatic carbocycles. The third kappa shape index (κ3) is 2.96. The number of hydrogen-bond acceptors (Lipinski definition) is 6. The zero-order chi connectivity index (χ0) is 12.4. The van der Waals surface area contributed by atoms with Crippen LogP contribution in [-0.2, 0) is 6.42 Å². The molecule has 0 amide bonds. The van der Waals surface area contributed by atoms with Crippen LogP contribution in [0.1, 0.15) is 5.89 Å². The minimum atomic E-state index is 0.451. The maximum Gasteiger partial charge on any atom is 0.228 e. The van der Waals surface area contributed by atoms with E-state index in [4.69, 9.17) is 4.52 Å². The van der Waals surface area contributed by atoms with Crippen molar-refractivity contribution in [3.63, 3.8) is 0 Å². The molecule has 4 nitrogen and oxygen atoms in total. The van der Waals surface area contributed by atoms with Gasteiger partial charge in [0.05, 0.1) is 4.88 Å². The molecule has 1 saturated heterocycles. The van der Waals surface area contributed by atoms with Gasteiger partial charge in [0.25, 0.3) is 0 Å². The van der Waals surface area contributed by atoms with E-state index in [9.17, 15) is 0 Å². The largest absolute Gasteiger partial charge is 0.339 e. The van der Waals surface area contributed by atoms with Crippen LogP contribution in [0.25, 0.3) is 10.7 Å². The van der Waals surface area contributed by atoms with E-state index in [0.29, 0.717) is 11.9 Å². The smallest absolute Gasteiger partial charge is 0.228 e. The fraction of sp³-hybridized carbons (Fsp3) is 0.455. The predicted molar refractivity (Wildman–Crippen MR) is 78.1 cm³/mol. The normalized spacial score (nSPS) is 20.2. The number of thiophene rings is 1. The van der Waals surface area contributed by atoms with Gasteiger partial charge in [0.2, 0.25) is 11.7 Å². The number of rotatable bonds is 3. The Kier molecular flexibility index (Phi) is 4.03. The van der Waals surface area contributed by atoms with Crippen LogP contribution in [0.3, 0.4) is 0 Å². The van der Waals surface area contributed by atoms with Crippen LogP contribution >= 0.6 is 39.0 Å². The summed E-state index contributed by atoms with van der Waals surface area (Å²) >= 11 is 7.01. The van der Waals surface area contributed by atoms with Crippen molar-refractivity contribution < 1.29 is 4.52 Å². The maximum absolute atomic E-state index is 5.31. The van der Waals surface area contributed by atoms with Gasteiger partial charge in [-0.05, 0) is 22.0 Å². The third-order valence-electron chi connectivity index (χ3n) is 2.68. The van der Waals surface area contributed by atoms with Crippen LogP contribution in [-0.4, -0.2) is 34.2 Å². The number of aromatic nitrogens is 2. The van der Waals surface area contributed by atoms with Crippen LogP contribution in [0, 0.1) is 0 Å². The predicted octanol–water partition coefficient (Wildman–Crippen LogP) is 2.81. The first-order chi connectivity index (χ1) is 8.81. The average Bonchev–Trinajstić information content (AvgIpc) is 2.99. The second kappa shape index (κ2) is 5.73. The first-order valence-corrected chi connectivity index (χ1v) is 8.52. The van der Waals surface area contributed by atoms with E-state index in [-0.39, 0.29) is 0 Å². The van der Waals surface area contributed by atoms with Crippen LogP contribution in [0.4, 0.5) is 0 Å². The number of hydrogen-bond donors (Lipinski definition) is 1. The molecule has 1 aliphatic rings. The van der Waals surface area contributed by atoms with E-state index >= 15 is 0 Å². The van der Waals surface area contributed by atoms with Crippen molar-refractivity contribution in [1.29, 1.82) is 0 Å². The monoisotopic (exact) mass is 345 g/mol. The Morgan fingerprint density at radius 3 is 3.22 bits per heavy atom. The highest BCUT2D eigenvalue weighted by Crippen LogP contribution is 2.27. The van der Waals surface area contributed by atoms with E-state index in [0.717, 1.165) is 34.0 Å². The van der Waals surface area contributed by atoms with E-state index < -0.39 is 0 Å². The molecule has 1 aliphatic heterocycles. The van der Waals surface area contributed by atoms with E-state index in [1.807, 2.05) is 23.2 Å². The summed E-state index contributed by atoms with van der Waals surface area (Å²) in [4.78, 5) is 5.48. The Morgan fingerprint density at radius 2 is 2.50 bits per heavy atom. The highest BCUT2D eigenvalue weighted by Gasteiger charge is 2.18. The van der Waals surface area contributed by atoms with Gasteiger partial charge in [0.15, 0.2) is 0 Å². The van der Waals surface area contributed by atoms with Crippen molar-refractivity contribution >= 4 is 39.0 Å². The zero-order valence-electron chi connectivity index (χ0n) is 9.56. The minimum Gasteiger partial charge on any atom is -0.339 e. The van der Waals surface area contributed by atoms with Gasteiger partial charge in [-0.25, -0.2) is 0 Å². The summed E-state index contributed by atoms with van der Waals surface area (Å²) in [6.07, 6.45) is 0.812. The molecule has 0 radical (unpaired) electrons. The average molecular weight is 346 g/mol. The van der Waals surface area contributed by atoms with Gasteiger partial charge in [-0.1, -0.05) is 5.16 Å². The van der Waals surface area contributed by atoms with Crippen molar-refractivity contribution in [2.75, 3.05) is 18.1 Å². The molecular formula is C11H12BrN3OS2. The second-order valence-corrected chi connectivity index (χ2v) is 7.05. The van der Waals surface area contributed by atoms with Gasteiger partial charge in [-0.2, -0.15) is 16.7 Å². The topological polar surface area (TPSA) is 51.0 Å². The molecule has 3 rings (SSSR count). The summed E-state index contributed by atoms with van der Waals surface area (Å²) in [5.41, 5.74) is 0. The summed E-state index contributed by atoms with van der Waals surface area (Å²) < 4.78 is 6.37. The lowest BCUT2D eigenvalue weighted by molar-refractivity contribution is 0.363. The fourth-order valence-electron chi connectivity index (χ4n) is 1.83. The molecule has 0 bridgehead atoms. The summed E-state index contributed by atoms with van der Waals surface area (Å²) in [6, 6.07) is 2.46. The molecule has 7 heteroatoms. The lowest BCUT2D eigenvalue weighted by Gasteiger charge is -2.21. The lowest BCUT2D eigenvalue weighted by atomic mass is 10.2. The molecule has 2 aromatic heterocycles. The molecule has 0 saturated carbocycles. The standard InChI is InChI=1S/C11H12BrN3OS2/c12-7-3-9(18-5-7)11-14-10(16-15-11)4-8-6-17-2-1-13-8/h3,5,8,13H,1-2,4,6H2. The Labute approximate surface area is 122 Å². The van der Waals surface area contributed by atoms with Crippen molar-refractivity contribution in [3.05, 3.63) is 21.8 Å². The maximum atomic E-state index is 5.31. The number of nitrogens with zero attached hydrogens (tertiary/aromatic N) is 2. The van der Waals surface area contributed by atoms with Crippen molar-refractivity contribution in [2.24, 2.45) is 0 Å². The molecule has 96 valence electrons. The molecule has 3 heterocycles. The third-order valence-corrected chi connectivity index (χ3v) is 5.49. The molecule has 0 aromatic carbocycles. The summed E-state index contributed by atoms with van der Waals surface area (Å²) in [5, 5.41) is 9.52. The van der Waals surface area contributed by atoms with Crippen LogP contribution in [0.5, 0.6) is 0 Å². The van der Waals surface area contributed by atoms with Crippen LogP contribution < -0.4 is 5.32 Å². The van der Waals surface area contributed by atoms with Gasteiger partial charge in [0.1, 0.15) is 0 Å². The molecule has 1 unspecified atom stereocenters. The SMILES string of the molecule is Brc1csc(-c2noc(CC3CSCCN3)n2)c1. The highest BCUT2D eigenvalue weighted by atomic mass is 79.9. The van der Waals surface area contributed by atoms with Crippen molar-refractivity contribution in [3.8, 4) is 10.7 Å². The molecule has 1 atom stereocenters. The number of halogens is 1. The molecule has 18 heavy (non-hydrogen) atoms. The van der Waals surface area contributed by atoms with Gasteiger partial charge in [-0.3, -0.25) is 0 Å². The van der Waals surface area contributed by atoms with Gasteiger partial charge >= 0.3 is 0 Å². The van der Waals surface area contributed by atoms with E-state index in [2.05, 4.69) is 31.4 Å². The molecule has 0 spiro atoms. The Balaban J connectivity index is 1.69. The highest BCUT2D eigenvalue weighted by molar-refractivity contribution is 9.10. The Bertz CT molecular complexity index is 522. The first-order valence-electron chi connectivity index (χ1n) is 5.69. The number of nitrogens with one attached hydrogen (secondary N) is 1. The first kappa shape index (κ1) is 12.7. The summed E-state index contributed by atoms with van der Waals surface area (Å²) in [5.74, 6) is 3.70. The molecular weight excluding hydrogens is 334 g/mol. The Morgan fingerprint density at radius 1 is 1.56 bits per heavy atom. The number of thioether (sulfide) groups is 1. The quantitative estimate of drug-likeness (QED) is 0.926. The summed E-state index contributed by atoms with van der Waals surface area (Å²) in [7, 11) is 0. The second-order valence-electron chi connectivity index (χ2n) is 4.07. The molecule has 1 N–H and O–H groups in total. The molecule has 2 aromatic rings.